The molecule has 17 heavy (non-hydrogen) atoms. The van der Waals surface area contributed by atoms with E-state index in [1.165, 1.54) is 0 Å². The fourth-order valence-corrected chi connectivity index (χ4v) is 1.80. The quantitative estimate of drug-likeness (QED) is 0.749. The summed E-state index contributed by atoms with van der Waals surface area (Å²) in [6.45, 7) is 2.01. The van der Waals surface area contributed by atoms with E-state index in [2.05, 4.69) is 10.2 Å². The van der Waals surface area contributed by atoms with Gasteiger partial charge in [-0.15, -0.1) is 0 Å². The Balaban J connectivity index is 2.19. The third-order valence-corrected chi connectivity index (χ3v) is 2.69. The van der Waals surface area contributed by atoms with Gasteiger partial charge in [0.05, 0.1) is 0 Å². The Kier molecular flexibility index (Phi) is 3.60. The molecule has 1 unspecified atom stereocenters. The summed E-state index contributed by atoms with van der Waals surface area (Å²) in [4.78, 5) is 15.2. The van der Waals surface area contributed by atoms with Crippen molar-refractivity contribution < 1.29 is 0 Å². The highest BCUT2D eigenvalue weighted by molar-refractivity contribution is 5.22. The van der Waals surface area contributed by atoms with Gasteiger partial charge in [0, 0.05) is 18.3 Å². The van der Waals surface area contributed by atoms with Gasteiger partial charge in [0.15, 0.2) is 0 Å². The predicted molar refractivity (Wildman–Crippen MR) is 67.7 cm³/mol. The van der Waals surface area contributed by atoms with E-state index >= 15 is 0 Å². The zero-order valence-corrected chi connectivity index (χ0v) is 9.71. The van der Waals surface area contributed by atoms with E-state index in [0.29, 0.717) is 6.42 Å². The largest absolute Gasteiger partial charge is 0.261 e. The van der Waals surface area contributed by atoms with Crippen LogP contribution in [0.2, 0.25) is 0 Å². The SMILES string of the molecule is Cc1ccnc(CC(N=O)c2ccccc2)c1. The van der Waals surface area contributed by atoms with Crippen LogP contribution in [-0.4, -0.2) is 4.98 Å². The fraction of sp³-hybridized carbons (Fsp3) is 0.214. The minimum atomic E-state index is -0.356. The van der Waals surface area contributed by atoms with Gasteiger partial charge in [-0.05, 0) is 30.2 Å². The molecule has 0 amide bonds. The zero-order chi connectivity index (χ0) is 12.1. The standard InChI is InChI=1S/C14H14N2O/c1-11-7-8-15-13(9-11)10-14(16-17)12-5-3-2-4-6-12/h2-9,14H,10H2,1H3. The molecule has 0 radical (unpaired) electrons. The van der Waals surface area contributed by atoms with Crippen molar-refractivity contribution in [3.63, 3.8) is 0 Å². The van der Waals surface area contributed by atoms with Crippen LogP contribution in [-0.2, 0) is 6.42 Å². The number of aromatic nitrogens is 1. The van der Waals surface area contributed by atoms with Crippen LogP contribution >= 0.6 is 0 Å². The molecule has 1 aromatic carbocycles. The highest BCUT2D eigenvalue weighted by Crippen LogP contribution is 2.21. The average Bonchev–Trinajstić information content (AvgIpc) is 2.37. The van der Waals surface area contributed by atoms with Crippen LogP contribution in [0.3, 0.4) is 0 Å². The molecular formula is C14H14N2O. The number of hydrogen-bond donors (Lipinski definition) is 0. The van der Waals surface area contributed by atoms with Crippen molar-refractivity contribution >= 4 is 0 Å². The lowest BCUT2D eigenvalue weighted by atomic mass is 10.0. The van der Waals surface area contributed by atoms with Crippen LogP contribution in [0.5, 0.6) is 0 Å². The molecule has 0 aliphatic carbocycles. The second-order valence-corrected chi connectivity index (χ2v) is 4.06. The molecule has 0 aliphatic rings. The third kappa shape index (κ3) is 2.97. The Bertz CT molecular complexity index is 497. The van der Waals surface area contributed by atoms with E-state index in [1.807, 2.05) is 49.4 Å². The van der Waals surface area contributed by atoms with Crippen LogP contribution in [0, 0.1) is 11.8 Å². The Morgan fingerprint density at radius 2 is 2.00 bits per heavy atom. The molecule has 2 rings (SSSR count). The van der Waals surface area contributed by atoms with Gasteiger partial charge in [-0.25, -0.2) is 0 Å². The monoisotopic (exact) mass is 226 g/mol. The van der Waals surface area contributed by atoms with Crippen molar-refractivity contribution in [2.45, 2.75) is 19.4 Å². The van der Waals surface area contributed by atoms with Crippen molar-refractivity contribution in [2.75, 3.05) is 0 Å². The first kappa shape index (κ1) is 11.5. The second kappa shape index (κ2) is 5.34. The van der Waals surface area contributed by atoms with Crippen LogP contribution in [0.25, 0.3) is 0 Å². The summed E-state index contributed by atoms with van der Waals surface area (Å²) in [6, 6.07) is 13.2. The first-order chi connectivity index (χ1) is 8.29. The molecule has 1 heterocycles. The summed E-state index contributed by atoms with van der Waals surface area (Å²) in [5.41, 5.74) is 2.98. The lowest BCUT2D eigenvalue weighted by molar-refractivity contribution is 0.702. The van der Waals surface area contributed by atoms with Gasteiger partial charge in [-0.2, -0.15) is 4.91 Å². The molecule has 2 aromatic rings. The van der Waals surface area contributed by atoms with E-state index in [0.717, 1.165) is 16.8 Å². The van der Waals surface area contributed by atoms with Gasteiger partial charge in [0.25, 0.3) is 0 Å². The van der Waals surface area contributed by atoms with Crippen LogP contribution < -0.4 is 0 Å². The molecule has 0 aliphatic heterocycles. The highest BCUT2D eigenvalue weighted by Gasteiger charge is 2.12. The van der Waals surface area contributed by atoms with E-state index in [9.17, 15) is 4.91 Å². The summed E-state index contributed by atoms with van der Waals surface area (Å²) in [6.07, 6.45) is 2.31. The van der Waals surface area contributed by atoms with Gasteiger partial charge in [0.2, 0.25) is 0 Å². The lowest BCUT2D eigenvalue weighted by Crippen LogP contribution is -2.01. The van der Waals surface area contributed by atoms with Crippen molar-refractivity contribution in [1.82, 2.24) is 4.98 Å². The Labute approximate surface area is 100 Å². The van der Waals surface area contributed by atoms with Crippen molar-refractivity contribution in [3.05, 3.63) is 70.4 Å². The number of pyridine rings is 1. The van der Waals surface area contributed by atoms with Crippen molar-refractivity contribution in [1.29, 1.82) is 0 Å². The number of nitrogens with zero attached hydrogens (tertiary/aromatic N) is 2. The molecule has 3 heteroatoms. The summed E-state index contributed by atoms with van der Waals surface area (Å²) >= 11 is 0. The Morgan fingerprint density at radius 3 is 2.65 bits per heavy atom. The van der Waals surface area contributed by atoms with E-state index < -0.39 is 0 Å². The normalized spacial score (nSPS) is 12.1. The molecule has 0 fully saturated rings. The van der Waals surface area contributed by atoms with Crippen LogP contribution in [0.4, 0.5) is 0 Å². The maximum Gasteiger partial charge on any atom is 0.122 e. The molecule has 0 saturated heterocycles. The number of aryl methyl sites for hydroxylation is 1. The maximum absolute atomic E-state index is 10.9. The molecule has 0 N–H and O–H groups in total. The predicted octanol–water partition coefficient (Wildman–Crippen LogP) is 3.44. The highest BCUT2D eigenvalue weighted by atomic mass is 16.3. The first-order valence-electron chi connectivity index (χ1n) is 5.58. The number of rotatable bonds is 4. The number of benzene rings is 1. The molecule has 0 bridgehead atoms. The fourth-order valence-electron chi connectivity index (χ4n) is 1.80. The lowest BCUT2D eigenvalue weighted by Gasteiger charge is -2.09. The summed E-state index contributed by atoms with van der Waals surface area (Å²) in [5, 5.41) is 3.19. The summed E-state index contributed by atoms with van der Waals surface area (Å²) < 4.78 is 0. The van der Waals surface area contributed by atoms with Gasteiger partial charge in [-0.3, -0.25) is 4.98 Å². The van der Waals surface area contributed by atoms with Crippen LogP contribution in [0.15, 0.2) is 53.8 Å². The number of hydrogen-bond acceptors (Lipinski definition) is 3. The second-order valence-electron chi connectivity index (χ2n) is 4.06. The number of nitroso groups, excluding NO2 is 1. The molecule has 3 nitrogen and oxygen atoms in total. The van der Waals surface area contributed by atoms with Gasteiger partial charge < -0.3 is 0 Å². The molecule has 0 spiro atoms. The Morgan fingerprint density at radius 1 is 1.24 bits per heavy atom. The molecule has 1 aromatic heterocycles. The minimum Gasteiger partial charge on any atom is -0.261 e. The molecule has 86 valence electrons. The van der Waals surface area contributed by atoms with Gasteiger partial charge >= 0.3 is 0 Å². The van der Waals surface area contributed by atoms with Gasteiger partial charge in [0.1, 0.15) is 6.04 Å². The average molecular weight is 226 g/mol. The smallest absolute Gasteiger partial charge is 0.122 e. The van der Waals surface area contributed by atoms with E-state index in [4.69, 9.17) is 0 Å². The van der Waals surface area contributed by atoms with Crippen molar-refractivity contribution in [3.8, 4) is 0 Å². The van der Waals surface area contributed by atoms with E-state index in [1.54, 1.807) is 6.20 Å². The first-order valence-corrected chi connectivity index (χ1v) is 5.58. The topological polar surface area (TPSA) is 42.3 Å². The Hall–Kier alpha value is -2.03. The molecule has 1 atom stereocenters. The van der Waals surface area contributed by atoms with Crippen molar-refractivity contribution in [2.24, 2.45) is 5.18 Å². The summed E-state index contributed by atoms with van der Waals surface area (Å²) in [7, 11) is 0. The zero-order valence-electron chi connectivity index (χ0n) is 9.71. The van der Waals surface area contributed by atoms with E-state index in [-0.39, 0.29) is 6.04 Å². The minimum absolute atomic E-state index is 0.356. The molecular weight excluding hydrogens is 212 g/mol. The maximum atomic E-state index is 10.9. The molecule has 0 saturated carbocycles. The summed E-state index contributed by atoms with van der Waals surface area (Å²) in [5.74, 6) is 0. The van der Waals surface area contributed by atoms with Gasteiger partial charge in [-0.1, -0.05) is 35.5 Å². The third-order valence-electron chi connectivity index (χ3n) is 2.69. The van der Waals surface area contributed by atoms with Crippen LogP contribution in [0.1, 0.15) is 22.9 Å².